The zero-order valence-electron chi connectivity index (χ0n) is 13.1. The Hall–Kier alpha value is -1.32. The van der Waals surface area contributed by atoms with Crippen molar-refractivity contribution in [3.05, 3.63) is 11.9 Å². The molecule has 0 atom stereocenters. The van der Waals surface area contributed by atoms with Gasteiger partial charge in [0, 0.05) is 25.6 Å². The van der Waals surface area contributed by atoms with Gasteiger partial charge in [0.2, 0.25) is 0 Å². The SMILES string of the molecule is CCCc1nc(NCC)cc(NCC2(CCC)CC2)n1. The molecule has 1 saturated carbocycles. The first-order valence-corrected chi connectivity index (χ1v) is 8.07. The van der Waals surface area contributed by atoms with Crippen LogP contribution in [0.2, 0.25) is 0 Å². The predicted octanol–water partition coefficient (Wildman–Crippen LogP) is 3.85. The number of nitrogens with one attached hydrogen (secondary N) is 2. The molecule has 0 bridgehead atoms. The quantitative estimate of drug-likeness (QED) is 0.719. The molecular formula is C16H28N4. The van der Waals surface area contributed by atoms with E-state index in [9.17, 15) is 0 Å². The number of hydrogen-bond acceptors (Lipinski definition) is 4. The van der Waals surface area contributed by atoms with Gasteiger partial charge in [0.25, 0.3) is 0 Å². The number of anilines is 2. The second kappa shape index (κ2) is 6.91. The van der Waals surface area contributed by atoms with E-state index in [0.717, 1.165) is 43.4 Å². The first kappa shape index (κ1) is 15.1. The Morgan fingerprint density at radius 3 is 2.30 bits per heavy atom. The third kappa shape index (κ3) is 4.09. The summed E-state index contributed by atoms with van der Waals surface area (Å²) < 4.78 is 0. The summed E-state index contributed by atoms with van der Waals surface area (Å²) in [6.45, 7) is 8.47. The van der Waals surface area contributed by atoms with Gasteiger partial charge in [-0.1, -0.05) is 20.3 Å². The van der Waals surface area contributed by atoms with Gasteiger partial charge in [-0.2, -0.15) is 0 Å². The summed E-state index contributed by atoms with van der Waals surface area (Å²) in [4.78, 5) is 9.18. The van der Waals surface area contributed by atoms with E-state index in [2.05, 4.69) is 41.4 Å². The summed E-state index contributed by atoms with van der Waals surface area (Å²) in [5.41, 5.74) is 0.545. The van der Waals surface area contributed by atoms with Crippen molar-refractivity contribution in [3.63, 3.8) is 0 Å². The third-order valence-electron chi connectivity index (χ3n) is 3.99. The van der Waals surface area contributed by atoms with Crippen LogP contribution in [0.3, 0.4) is 0 Å². The van der Waals surface area contributed by atoms with Gasteiger partial charge in [0.05, 0.1) is 0 Å². The van der Waals surface area contributed by atoms with Crippen molar-refractivity contribution in [2.24, 2.45) is 5.41 Å². The summed E-state index contributed by atoms with van der Waals surface area (Å²) in [7, 11) is 0. The average Bonchev–Trinajstić information content (AvgIpc) is 3.18. The van der Waals surface area contributed by atoms with Crippen molar-refractivity contribution in [3.8, 4) is 0 Å². The summed E-state index contributed by atoms with van der Waals surface area (Å²) in [5.74, 6) is 2.85. The summed E-state index contributed by atoms with van der Waals surface area (Å²) >= 11 is 0. The second-order valence-electron chi connectivity index (χ2n) is 5.94. The fourth-order valence-electron chi connectivity index (χ4n) is 2.70. The number of hydrogen-bond donors (Lipinski definition) is 2. The maximum absolute atomic E-state index is 4.63. The molecule has 0 aliphatic heterocycles. The second-order valence-corrected chi connectivity index (χ2v) is 5.94. The van der Waals surface area contributed by atoms with Crippen molar-refractivity contribution < 1.29 is 0 Å². The van der Waals surface area contributed by atoms with Crippen LogP contribution < -0.4 is 10.6 Å². The summed E-state index contributed by atoms with van der Waals surface area (Å²) in [6, 6.07) is 2.03. The van der Waals surface area contributed by atoms with Crippen LogP contribution in [0.25, 0.3) is 0 Å². The summed E-state index contributed by atoms with van der Waals surface area (Å²) in [5, 5.41) is 6.83. The highest BCUT2D eigenvalue weighted by Crippen LogP contribution is 2.49. The van der Waals surface area contributed by atoms with E-state index < -0.39 is 0 Å². The van der Waals surface area contributed by atoms with Gasteiger partial charge in [0.1, 0.15) is 17.5 Å². The first-order valence-electron chi connectivity index (χ1n) is 8.07. The monoisotopic (exact) mass is 276 g/mol. The molecule has 1 aliphatic carbocycles. The Kier molecular flexibility index (Phi) is 5.21. The van der Waals surface area contributed by atoms with Crippen LogP contribution in [0.15, 0.2) is 6.07 Å². The molecule has 0 unspecified atom stereocenters. The van der Waals surface area contributed by atoms with Gasteiger partial charge in [-0.15, -0.1) is 0 Å². The molecule has 4 nitrogen and oxygen atoms in total. The molecule has 2 N–H and O–H groups in total. The van der Waals surface area contributed by atoms with Gasteiger partial charge in [-0.25, -0.2) is 9.97 Å². The van der Waals surface area contributed by atoms with Crippen LogP contribution in [-0.4, -0.2) is 23.1 Å². The Morgan fingerprint density at radius 1 is 1.05 bits per heavy atom. The number of nitrogens with zero attached hydrogens (tertiary/aromatic N) is 2. The minimum absolute atomic E-state index is 0.545. The minimum atomic E-state index is 0.545. The molecule has 1 aromatic heterocycles. The molecule has 1 aromatic rings. The number of aromatic nitrogens is 2. The normalized spacial score (nSPS) is 15.9. The Labute approximate surface area is 122 Å². The predicted molar refractivity (Wildman–Crippen MR) is 85.3 cm³/mol. The molecule has 0 radical (unpaired) electrons. The molecule has 112 valence electrons. The van der Waals surface area contributed by atoms with Gasteiger partial charge in [-0.05, 0) is 38.0 Å². The van der Waals surface area contributed by atoms with Crippen molar-refractivity contribution in [2.45, 2.75) is 59.3 Å². The number of aryl methyl sites for hydroxylation is 1. The summed E-state index contributed by atoms with van der Waals surface area (Å²) in [6.07, 6.45) is 7.34. The highest BCUT2D eigenvalue weighted by molar-refractivity contribution is 5.47. The standard InChI is InChI=1S/C16H28N4/c1-4-7-13-19-14(17-6-3)11-15(20-13)18-12-16(8-5-2)9-10-16/h11H,4-10,12H2,1-3H3,(H2,17,18,19,20). The van der Waals surface area contributed by atoms with E-state index in [1.54, 1.807) is 0 Å². The average molecular weight is 276 g/mol. The lowest BCUT2D eigenvalue weighted by molar-refractivity contribution is 0.485. The molecule has 0 aromatic carbocycles. The maximum atomic E-state index is 4.63. The van der Waals surface area contributed by atoms with Crippen LogP contribution >= 0.6 is 0 Å². The van der Waals surface area contributed by atoms with E-state index in [0.29, 0.717) is 5.41 Å². The fourth-order valence-corrected chi connectivity index (χ4v) is 2.70. The first-order chi connectivity index (χ1) is 9.71. The zero-order valence-corrected chi connectivity index (χ0v) is 13.1. The molecule has 4 heteroatoms. The lowest BCUT2D eigenvalue weighted by Crippen LogP contribution is -2.17. The fraction of sp³-hybridized carbons (Fsp3) is 0.750. The lowest BCUT2D eigenvalue weighted by Gasteiger charge is -2.16. The Balaban J connectivity index is 2.02. The van der Waals surface area contributed by atoms with Crippen LogP contribution in [0.5, 0.6) is 0 Å². The van der Waals surface area contributed by atoms with E-state index in [-0.39, 0.29) is 0 Å². The third-order valence-corrected chi connectivity index (χ3v) is 3.99. The van der Waals surface area contributed by atoms with Gasteiger partial charge >= 0.3 is 0 Å². The van der Waals surface area contributed by atoms with Gasteiger partial charge in [0.15, 0.2) is 0 Å². The van der Waals surface area contributed by atoms with Gasteiger partial charge < -0.3 is 10.6 Å². The molecule has 1 fully saturated rings. The van der Waals surface area contributed by atoms with Crippen LogP contribution in [-0.2, 0) is 6.42 Å². The van der Waals surface area contributed by atoms with Crippen molar-refractivity contribution in [1.29, 1.82) is 0 Å². The molecule has 20 heavy (non-hydrogen) atoms. The smallest absolute Gasteiger partial charge is 0.133 e. The number of rotatable bonds is 9. The molecule has 1 aliphatic rings. The molecule has 0 amide bonds. The van der Waals surface area contributed by atoms with E-state index >= 15 is 0 Å². The molecule has 0 spiro atoms. The highest BCUT2D eigenvalue weighted by atomic mass is 15.1. The van der Waals surface area contributed by atoms with Crippen LogP contribution in [0.1, 0.15) is 58.7 Å². The Bertz CT molecular complexity index is 402. The minimum Gasteiger partial charge on any atom is -0.370 e. The van der Waals surface area contributed by atoms with E-state index in [1.165, 1.54) is 25.7 Å². The topological polar surface area (TPSA) is 49.8 Å². The van der Waals surface area contributed by atoms with Crippen LogP contribution in [0.4, 0.5) is 11.6 Å². The maximum Gasteiger partial charge on any atom is 0.133 e. The molecule has 2 rings (SSSR count). The molecular weight excluding hydrogens is 248 g/mol. The molecule has 1 heterocycles. The largest absolute Gasteiger partial charge is 0.370 e. The van der Waals surface area contributed by atoms with Crippen molar-refractivity contribution in [1.82, 2.24) is 9.97 Å². The van der Waals surface area contributed by atoms with E-state index in [4.69, 9.17) is 0 Å². The lowest BCUT2D eigenvalue weighted by atomic mass is 10.0. The zero-order chi connectivity index (χ0) is 14.4. The van der Waals surface area contributed by atoms with Crippen molar-refractivity contribution >= 4 is 11.6 Å². The van der Waals surface area contributed by atoms with Crippen LogP contribution in [0, 0.1) is 5.41 Å². The Morgan fingerprint density at radius 2 is 1.75 bits per heavy atom. The van der Waals surface area contributed by atoms with Crippen molar-refractivity contribution in [2.75, 3.05) is 23.7 Å². The highest BCUT2D eigenvalue weighted by Gasteiger charge is 2.41. The van der Waals surface area contributed by atoms with Gasteiger partial charge in [-0.3, -0.25) is 0 Å². The van der Waals surface area contributed by atoms with E-state index in [1.807, 2.05) is 6.07 Å². The molecule has 0 saturated heterocycles.